The van der Waals surface area contributed by atoms with E-state index in [-0.39, 0.29) is 0 Å². The number of hydrogen-bond donors (Lipinski definition) is 0. The van der Waals surface area contributed by atoms with Gasteiger partial charge in [-0.05, 0) is 116 Å². The fourth-order valence-corrected chi connectivity index (χ4v) is 12.9. The van der Waals surface area contributed by atoms with Crippen molar-refractivity contribution in [3.05, 3.63) is 277 Å². The van der Waals surface area contributed by atoms with E-state index < -0.39 is 5.41 Å². The molecule has 2 aliphatic carbocycles. The van der Waals surface area contributed by atoms with Gasteiger partial charge in [0.1, 0.15) is 0 Å². The highest BCUT2D eigenvalue weighted by Gasteiger charge is 2.52. The minimum atomic E-state index is -0.499. The van der Waals surface area contributed by atoms with Gasteiger partial charge >= 0.3 is 0 Å². The smallest absolute Gasteiger partial charge is 0.164 e. The molecule has 6 nitrogen and oxygen atoms in total. The van der Waals surface area contributed by atoms with E-state index in [1.807, 2.05) is 48.0 Å². The number of thiophene rings is 1. The van der Waals surface area contributed by atoms with Crippen molar-refractivity contribution in [1.29, 1.82) is 0 Å². The largest absolute Gasteiger partial charge is 0.310 e. The molecule has 0 saturated heterocycles. The van der Waals surface area contributed by atoms with Gasteiger partial charge in [0.25, 0.3) is 0 Å². The summed E-state index contributed by atoms with van der Waals surface area (Å²) in [4.78, 5) is 28.2. The van der Waals surface area contributed by atoms with Gasteiger partial charge < -0.3 is 4.90 Å². The molecule has 0 fully saturated rings. The van der Waals surface area contributed by atoms with Crippen LogP contribution >= 0.6 is 11.3 Å². The minimum absolute atomic E-state index is 0.499. The monoisotopic (exact) mass is 974 g/mol. The summed E-state index contributed by atoms with van der Waals surface area (Å²) in [5, 5.41) is 2.48. The summed E-state index contributed by atoms with van der Waals surface area (Å²) in [7, 11) is 0. The number of benzene rings is 9. The molecule has 350 valence electrons. The number of hydrogen-bond acceptors (Lipinski definition) is 7. The summed E-state index contributed by atoms with van der Waals surface area (Å²) < 4.78 is 2.53. The molecule has 13 aromatic rings. The Balaban J connectivity index is 0.866. The van der Waals surface area contributed by atoms with Gasteiger partial charge in [0.05, 0.1) is 16.8 Å². The maximum absolute atomic E-state index is 5.41. The van der Waals surface area contributed by atoms with Crippen molar-refractivity contribution in [2.75, 3.05) is 4.90 Å². The number of fused-ring (bicyclic) bond motifs is 13. The Kier molecular flexibility index (Phi) is 9.87. The molecule has 4 heterocycles. The molecule has 0 N–H and O–H groups in total. The van der Waals surface area contributed by atoms with E-state index in [9.17, 15) is 0 Å². The summed E-state index contributed by atoms with van der Waals surface area (Å²) in [5.41, 5.74) is 18.9. The lowest BCUT2D eigenvalue weighted by molar-refractivity contribution is 0.794. The average molecular weight is 975 g/mol. The predicted octanol–water partition coefficient (Wildman–Crippen LogP) is 17.2. The van der Waals surface area contributed by atoms with Crippen LogP contribution in [0.2, 0.25) is 0 Å². The predicted molar refractivity (Wildman–Crippen MR) is 306 cm³/mol. The molecule has 15 rings (SSSR count). The maximum atomic E-state index is 5.41. The Morgan fingerprint density at radius 3 is 1.59 bits per heavy atom. The summed E-state index contributed by atoms with van der Waals surface area (Å²) in [6, 6.07) is 86.4. The Labute approximate surface area is 437 Å². The molecule has 0 saturated carbocycles. The van der Waals surface area contributed by atoms with E-state index in [1.165, 1.54) is 64.7 Å². The van der Waals surface area contributed by atoms with Crippen molar-refractivity contribution in [2.45, 2.75) is 5.41 Å². The molecule has 2 aliphatic rings. The van der Waals surface area contributed by atoms with Gasteiger partial charge in [-0.3, -0.25) is 9.97 Å². The van der Waals surface area contributed by atoms with Gasteiger partial charge in [-0.2, -0.15) is 0 Å². The lowest BCUT2D eigenvalue weighted by Crippen LogP contribution is -2.25. The second-order valence-electron chi connectivity index (χ2n) is 19.1. The van der Waals surface area contributed by atoms with Crippen LogP contribution in [0.3, 0.4) is 0 Å². The van der Waals surface area contributed by atoms with Crippen LogP contribution in [0.4, 0.5) is 17.1 Å². The highest BCUT2D eigenvalue weighted by atomic mass is 32.1. The first-order valence-electron chi connectivity index (χ1n) is 25.2. The number of nitrogens with zero attached hydrogens (tertiary/aromatic N) is 6. The zero-order chi connectivity index (χ0) is 49.5. The van der Waals surface area contributed by atoms with Gasteiger partial charge in [-0.1, -0.05) is 182 Å². The van der Waals surface area contributed by atoms with Crippen molar-refractivity contribution in [2.24, 2.45) is 0 Å². The van der Waals surface area contributed by atoms with Gasteiger partial charge in [0.2, 0.25) is 0 Å². The van der Waals surface area contributed by atoms with Crippen molar-refractivity contribution in [3.63, 3.8) is 0 Å². The van der Waals surface area contributed by atoms with E-state index in [2.05, 4.69) is 223 Å². The van der Waals surface area contributed by atoms with Crippen LogP contribution in [-0.4, -0.2) is 24.9 Å². The van der Waals surface area contributed by atoms with Crippen molar-refractivity contribution in [1.82, 2.24) is 24.9 Å². The van der Waals surface area contributed by atoms with Crippen molar-refractivity contribution < 1.29 is 0 Å². The van der Waals surface area contributed by atoms with E-state index in [4.69, 9.17) is 24.9 Å². The number of pyridine rings is 2. The second kappa shape index (κ2) is 17.2. The van der Waals surface area contributed by atoms with E-state index in [1.54, 1.807) is 0 Å². The molecule has 1 spiro atoms. The Hall–Kier alpha value is -9.69. The Morgan fingerprint density at radius 2 is 0.840 bits per heavy atom. The summed E-state index contributed by atoms with van der Waals surface area (Å²) in [6.45, 7) is 0. The molecule has 0 atom stereocenters. The first-order valence-corrected chi connectivity index (χ1v) is 26.0. The van der Waals surface area contributed by atoms with Crippen LogP contribution < -0.4 is 4.90 Å². The zero-order valence-electron chi connectivity index (χ0n) is 40.3. The normalized spacial score (nSPS) is 12.6. The van der Waals surface area contributed by atoms with E-state index in [0.29, 0.717) is 23.2 Å². The van der Waals surface area contributed by atoms with E-state index in [0.717, 1.165) is 50.6 Å². The Bertz CT molecular complexity index is 4330. The molecule has 0 unspecified atom stereocenters. The van der Waals surface area contributed by atoms with Crippen LogP contribution in [0.5, 0.6) is 0 Å². The molecular formula is C68H42N6S. The average Bonchev–Trinajstić information content (AvgIpc) is 4.30. The standard InChI is InChI=1S/C68H42N6S/c1-3-16-43(17-4-1)44-30-32-47(33-31-44)74(48-34-35-63-55(41-48)52-22-10-14-29-62(52)75-63)49-37-39-70-61(42-49)60-40-46(36-38-69-60)66-71-65(45-18-5-2-6-19-45)72-67(73-66)54-24-15-28-59-64(54)53-23-9-13-27-58(53)68(59)56-25-11-7-20-50(56)51-21-8-12-26-57(51)68/h1-42H. The highest BCUT2D eigenvalue weighted by Crippen LogP contribution is 2.64. The lowest BCUT2D eigenvalue weighted by Gasteiger charge is -2.30. The van der Waals surface area contributed by atoms with Crippen LogP contribution in [0.25, 0.3) is 99.1 Å². The van der Waals surface area contributed by atoms with Crippen molar-refractivity contribution >= 4 is 48.6 Å². The molecular weight excluding hydrogens is 933 g/mol. The van der Waals surface area contributed by atoms with Crippen LogP contribution in [0.15, 0.2) is 255 Å². The molecule has 0 radical (unpaired) electrons. The second-order valence-corrected chi connectivity index (χ2v) is 20.2. The zero-order valence-corrected chi connectivity index (χ0v) is 41.2. The minimum Gasteiger partial charge on any atom is -0.310 e. The molecule has 0 aliphatic heterocycles. The molecule has 9 aromatic carbocycles. The van der Waals surface area contributed by atoms with Crippen LogP contribution in [0, 0.1) is 0 Å². The third kappa shape index (κ3) is 6.82. The number of rotatable bonds is 8. The van der Waals surface area contributed by atoms with Crippen LogP contribution in [0.1, 0.15) is 22.3 Å². The Morgan fingerprint density at radius 1 is 0.320 bits per heavy atom. The SMILES string of the molecule is c1ccc(-c2ccc(N(c3ccnc(-c4cc(-c5nc(-c6ccccc6)nc(-c6cccc7c6-c6ccccc6C76c7ccccc7-c7ccccc76)n5)ccn4)c3)c3ccc4sc5ccccc5c4c3)cc2)cc1. The molecule has 0 bridgehead atoms. The summed E-state index contributed by atoms with van der Waals surface area (Å²) in [5.74, 6) is 1.74. The van der Waals surface area contributed by atoms with Gasteiger partial charge in [-0.15, -0.1) is 11.3 Å². The molecule has 0 amide bonds. The third-order valence-electron chi connectivity index (χ3n) is 15.1. The van der Waals surface area contributed by atoms with Gasteiger partial charge in [0, 0.05) is 66.3 Å². The van der Waals surface area contributed by atoms with E-state index >= 15 is 0 Å². The third-order valence-corrected chi connectivity index (χ3v) is 16.2. The number of aromatic nitrogens is 5. The molecule has 75 heavy (non-hydrogen) atoms. The fourth-order valence-electron chi connectivity index (χ4n) is 11.8. The van der Waals surface area contributed by atoms with Crippen molar-refractivity contribution in [3.8, 4) is 78.9 Å². The lowest BCUT2D eigenvalue weighted by atomic mass is 9.70. The summed E-state index contributed by atoms with van der Waals surface area (Å²) in [6.07, 6.45) is 3.70. The summed E-state index contributed by atoms with van der Waals surface area (Å²) >= 11 is 1.82. The molecule has 7 heteroatoms. The van der Waals surface area contributed by atoms with Gasteiger partial charge in [0.15, 0.2) is 17.5 Å². The van der Waals surface area contributed by atoms with Crippen LogP contribution in [-0.2, 0) is 5.41 Å². The quantitative estimate of drug-likeness (QED) is 0.151. The maximum Gasteiger partial charge on any atom is 0.164 e. The molecule has 4 aromatic heterocycles. The number of anilines is 3. The first kappa shape index (κ1) is 42.9. The highest BCUT2D eigenvalue weighted by molar-refractivity contribution is 7.25. The topological polar surface area (TPSA) is 67.7 Å². The fraction of sp³-hybridized carbons (Fsp3) is 0.0147. The first-order chi connectivity index (χ1) is 37.2. The van der Waals surface area contributed by atoms with Gasteiger partial charge in [-0.25, -0.2) is 15.0 Å².